The van der Waals surface area contributed by atoms with Crippen molar-refractivity contribution in [3.63, 3.8) is 0 Å². The number of benzene rings is 2. The van der Waals surface area contributed by atoms with E-state index in [4.69, 9.17) is 4.74 Å². The number of hydrogen-bond donors (Lipinski definition) is 2. The molecule has 2 aromatic carbocycles. The van der Waals surface area contributed by atoms with Crippen LogP contribution in [0.15, 0.2) is 59.5 Å². The van der Waals surface area contributed by atoms with Gasteiger partial charge in [0.15, 0.2) is 0 Å². The molecule has 0 radical (unpaired) electrons. The van der Waals surface area contributed by atoms with Gasteiger partial charge in [0, 0.05) is 25.1 Å². The van der Waals surface area contributed by atoms with Crippen LogP contribution in [0.25, 0.3) is 0 Å². The average molecular weight is 372 g/mol. The summed E-state index contributed by atoms with van der Waals surface area (Å²) in [6, 6.07) is 17.4. The fraction of sp³-hybridized carbons (Fsp3) is 0.300. The molecular formula is C20H24N2O3S. The van der Waals surface area contributed by atoms with Gasteiger partial charge in [0.25, 0.3) is 5.91 Å². The second-order valence-corrected chi connectivity index (χ2v) is 6.64. The van der Waals surface area contributed by atoms with Crippen LogP contribution in [-0.4, -0.2) is 44.4 Å². The minimum Gasteiger partial charge on any atom is -0.383 e. The number of carbonyl (C=O) groups is 2. The first-order valence-corrected chi connectivity index (χ1v) is 9.49. The third kappa shape index (κ3) is 6.90. The molecule has 6 heteroatoms. The molecule has 0 aliphatic rings. The lowest BCUT2D eigenvalue weighted by Gasteiger charge is -2.10. The molecule has 0 heterocycles. The quantitative estimate of drug-likeness (QED) is 0.497. The molecule has 26 heavy (non-hydrogen) atoms. The average Bonchev–Trinajstić information content (AvgIpc) is 2.67. The number of methoxy groups -OCH3 is 1. The van der Waals surface area contributed by atoms with Gasteiger partial charge in [-0.05, 0) is 24.1 Å². The number of thioether (sulfide) groups is 1. The highest BCUT2D eigenvalue weighted by Gasteiger charge is 2.12. The Morgan fingerprint density at radius 2 is 1.69 bits per heavy atom. The molecule has 0 atom stereocenters. The lowest BCUT2D eigenvalue weighted by molar-refractivity contribution is -0.118. The van der Waals surface area contributed by atoms with Gasteiger partial charge in [0.2, 0.25) is 5.91 Å². The second kappa shape index (κ2) is 11.3. The van der Waals surface area contributed by atoms with Crippen LogP contribution in [0.1, 0.15) is 15.9 Å². The predicted octanol–water partition coefficient (Wildman–Crippen LogP) is 2.51. The van der Waals surface area contributed by atoms with Gasteiger partial charge in [-0.2, -0.15) is 0 Å². The first kappa shape index (κ1) is 20.0. The van der Waals surface area contributed by atoms with Crippen LogP contribution in [0.3, 0.4) is 0 Å². The summed E-state index contributed by atoms with van der Waals surface area (Å²) in [5.41, 5.74) is 1.78. The molecule has 138 valence electrons. The van der Waals surface area contributed by atoms with Crippen LogP contribution in [-0.2, 0) is 16.0 Å². The number of amides is 2. The molecule has 0 aromatic heterocycles. The topological polar surface area (TPSA) is 67.4 Å². The second-order valence-electron chi connectivity index (χ2n) is 5.62. The summed E-state index contributed by atoms with van der Waals surface area (Å²) in [6.45, 7) is 1.54. The highest BCUT2D eigenvalue weighted by atomic mass is 32.2. The normalized spacial score (nSPS) is 10.3. The van der Waals surface area contributed by atoms with E-state index in [1.165, 1.54) is 17.3 Å². The minimum absolute atomic E-state index is 0.0775. The van der Waals surface area contributed by atoms with Gasteiger partial charge < -0.3 is 15.4 Å². The van der Waals surface area contributed by atoms with Gasteiger partial charge in [0.1, 0.15) is 0 Å². The van der Waals surface area contributed by atoms with E-state index < -0.39 is 0 Å². The van der Waals surface area contributed by atoms with E-state index in [2.05, 4.69) is 10.6 Å². The molecule has 2 aromatic rings. The smallest absolute Gasteiger partial charge is 0.252 e. The van der Waals surface area contributed by atoms with E-state index in [1.807, 2.05) is 48.5 Å². The Kier molecular flexibility index (Phi) is 8.72. The fourth-order valence-corrected chi connectivity index (χ4v) is 3.21. The lowest BCUT2D eigenvalue weighted by Crippen LogP contribution is -2.29. The third-order valence-corrected chi connectivity index (χ3v) is 4.73. The zero-order chi connectivity index (χ0) is 18.6. The Labute approximate surface area is 158 Å². The van der Waals surface area contributed by atoms with E-state index in [9.17, 15) is 9.59 Å². The van der Waals surface area contributed by atoms with E-state index in [0.717, 1.165) is 11.3 Å². The monoisotopic (exact) mass is 372 g/mol. The van der Waals surface area contributed by atoms with E-state index in [1.54, 1.807) is 13.2 Å². The molecule has 0 saturated carbocycles. The van der Waals surface area contributed by atoms with Gasteiger partial charge in [-0.15, -0.1) is 11.8 Å². The van der Waals surface area contributed by atoms with Crippen LogP contribution in [0.5, 0.6) is 0 Å². The van der Waals surface area contributed by atoms with E-state index >= 15 is 0 Å². The maximum Gasteiger partial charge on any atom is 0.252 e. The molecule has 5 nitrogen and oxygen atoms in total. The van der Waals surface area contributed by atoms with E-state index in [-0.39, 0.29) is 17.6 Å². The molecule has 0 aliphatic carbocycles. The summed E-state index contributed by atoms with van der Waals surface area (Å²) >= 11 is 1.36. The number of rotatable bonds is 10. The number of nitrogens with one attached hydrogen (secondary N) is 2. The van der Waals surface area contributed by atoms with Crippen molar-refractivity contribution in [3.05, 3.63) is 65.7 Å². The molecule has 0 fully saturated rings. The number of hydrogen-bond acceptors (Lipinski definition) is 4. The summed E-state index contributed by atoms with van der Waals surface area (Å²) in [7, 11) is 1.59. The van der Waals surface area contributed by atoms with Crippen LogP contribution >= 0.6 is 11.8 Å². The Morgan fingerprint density at radius 3 is 2.46 bits per heavy atom. The standard InChI is InChI=1S/C20H24N2O3S/c1-25-14-13-21-19(23)15-26-18-10-6-5-9-17(18)20(24)22-12-11-16-7-3-2-4-8-16/h2-10H,11-15H2,1H3,(H,21,23)(H,22,24). The van der Waals surface area contributed by atoms with Crippen molar-refractivity contribution < 1.29 is 14.3 Å². The molecule has 0 unspecified atom stereocenters. The van der Waals surface area contributed by atoms with Crippen molar-refractivity contribution in [1.82, 2.24) is 10.6 Å². The minimum atomic E-state index is -0.121. The van der Waals surface area contributed by atoms with Crippen LogP contribution in [0, 0.1) is 0 Å². The first-order chi connectivity index (χ1) is 12.7. The van der Waals surface area contributed by atoms with Crippen LogP contribution in [0.4, 0.5) is 0 Å². The Hall–Kier alpha value is -2.31. The predicted molar refractivity (Wildman–Crippen MR) is 105 cm³/mol. The van der Waals surface area contributed by atoms with E-state index in [0.29, 0.717) is 25.3 Å². The molecule has 0 spiro atoms. The maximum atomic E-state index is 12.5. The van der Waals surface area contributed by atoms with Crippen LogP contribution < -0.4 is 10.6 Å². The summed E-state index contributed by atoms with van der Waals surface area (Å²) in [6.07, 6.45) is 0.782. The van der Waals surface area contributed by atoms with Gasteiger partial charge >= 0.3 is 0 Å². The molecule has 2 rings (SSSR count). The summed E-state index contributed by atoms with van der Waals surface area (Å²) in [4.78, 5) is 25.1. The van der Waals surface area contributed by atoms with Gasteiger partial charge in [-0.3, -0.25) is 9.59 Å². The van der Waals surface area contributed by atoms with Crippen molar-refractivity contribution in [2.24, 2.45) is 0 Å². The summed E-state index contributed by atoms with van der Waals surface area (Å²) in [5, 5.41) is 5.72. The van der Waals surface area contributed by atoms with Gasteiger partial charge in [-0.1, -0.05) is 42.5 Å². The Bertz CT molecular complexity index is 707. The maximum absolute atomic E-state index is 12.5. The third-order valence-electron chi connectivity index (χ3n) is 3.66. The SMILES string of the molecule is COCCNC(=O)CSc1ccccc1C(=O)NCCc1ccccc1. The first-order valence-electron chi connectivity index (χ1n) is 8.50. The largest absolute Gasteiger partial charge is 0.383 e. The fourth-order valence-electron chi connectivity index (χ4n) is 2.33. The molecule has 2 amide bonds. The number of ether oxygens (including phenoxy) is 1. The lowest BCUT2D eigenvalue weighted by atomic mass is 10.1. The highest BCUT2D eigenvalue weighted by molar-refractivity contribution is 8.00. The number of carbonyl (C=O) groups excluding carboxylic acids is 2. The Morgan fingerprint density at radius 1 is 0.962 bits per heavy atom. The van der Waals surface area contributed by atoms with Gasteiger partial charge in [-0.25, -0.2) is 0 Å². The van der Waals surface area contributed by atoms with Gasteiger partial charge in [0.05, 0.1) is 17.9 Å². The van der Waals surface area contributed by atoms with Crippen LogP contribution in [0.2, 0.25) is 0 Å². The summed E-state index contributed by atoms with van der Waals surface area (Å²) < 4.78 is 4.90. The summed E-state index contributed by atoms with van der Waals surface area (Å²) in [5.74, 6) is 0.0630. The zero-order valence-corrected chi connectivity index (χ0v) is 15.7. The molecule has 0 bridgehead atoms. The van der Waals surface area contributed by atoms with Crippen molar-refractivity contribution in [3.8, 4) is 0 Å². The molecule has 0 aliphatic heterocycles. The van der Waals surface area contributed by atoms with Crippen molar-refractivity contribution >= 4 is 23.6 Å². The molecule has 2 N–H and O–H groups in total. The Balaban J connectivity index is 1.84. The zero-order valence-electron chi connectivity index (χ0n) is 14.9. The molecule has 0 saturated heterocycles. The van der Waals surface area contributed by atoms with Crippen molar-refractivity contribution in [2.45, 2.75) is 11.3 Å². The van der Waals surface area contributed by atoms with Crippen molar-refractivity contribution in [1.29, 1.82) is 0 Å². The molecular weight excluding hydrogens is 348 g/mol. The highest BCUT2D eigenvalue weighted by Crippen LogP contribution is 2.22. The van der Waals surface area contributed by atoms with Crippen molar-refractivity contribution in [2.75, 3.05) is 32.6 Å².